The predicted octanol–water partition coefficient (Wildman–Crippen LogP) is 4.20. The maximum Gasteiger partial charge on any atom is 0.313 e. The number of anilines is 2. The van der Waals surface area contributed by atoms with Crippen LogP contribution in [0.5, 0.6) is 11.5 Å². The second-order valence-corrected chi connectivity index (χ2v) is 12.3. The van der Waals surface area contributed by atoms with Crippen molar-refractivity contribution in [3.63, 3.8) is 0 Å². The molecular formula is C35H39ClFN7O5. The summed E-state index contributed by atoms with van der Waals surface area (Å²) >= 11 is 5.82. The number of morpholine rings is 1. The van der Waals surface area contributed by atoms with Gasteiger partial charge in [0.1, 0.15) is 5.82 Å². The van der Waals surface area contributed by atoms with Crippen molar-refractivity contribution in [2.45, 2.75) is 19.3 Å². The summed E-state index contributed by atoms with van der Waals surface area (Å²) in [5.74, 6) is -0.222. The zero-order chi connectivity index (χ0) is 34.2. The summed E-state index contributed by atoms with van der Waals surface area (Å²) in [6.45, 7) is 6.49. The number of piperazine rings is 1. The molecule has 4 aromatic rings. The summed E-state index contributed by atoms with van der Waals surface area (Å²) in [5.41, 5.74) is 2.07. The molecule has 258 valence electrons. The van der Waals surface area contributed by atoms with Crippen molar-refractivity contribution < 1.29 is 28.2 Å². The molecule has 1 N–H and O–H groups in total. The molecule has 0 bridgehead atoms. The summed E-state index contributed by atoms with van der Waals surface area (Å²) < 4.78 is 31.1. The molecular weight excluding hydrogens is 653 g/mol. The molecule has 0 unspecified atom stereocenters. The molecule has 6 rings (SSSR count). The first kappa shape index (κ1) is 34.3. The highest BCUT2D eigenvalue weighted by Crippen LogP contribution is 2.38. The van der Waals surface area contributed by atoms with Gasteiger partial charge in [0.2, 0.25) is 0 Å². The highest BCUT2D eigenvalue weighted by molar-refractivity contribution is 6.39. The third-order valence-electron chi connectivity index (χ3n) is 8.71. The fourth-order valence-electron chi connectivity index (χ4n) is 6.00. The molecule has 12 nitrogen and oxygen atoms in total. The Bertz CT molecular complexity index is 1770. The zero-order valence-corrected chi connectivity index (χ0v) is 28.1. The van der Waals surface area contributed by atoms with E-state index in [1.807, 2.05) is 24.3 Å². The topological polar surface area (TPSA) is 122 Å². The Morgan fingerprint density at radius 2 is 1.69 bits per heavy atom. The van der Waals surface area contributed by atoms with Crippen molar-refractivity contribution in [3.8, 4) is 11.5 Å². The molecule has 2 aromatic heterocycles. The molecule has 0 spiro atoms. The largest absolute Gasteiger partial charge is 0.493 e. The first-order valence-corrected chi connectivity index (χ1v) is 16.8. The summed E-state index contributed by atoms with van der Waals surface area (Å²) in [5, 5.41) is 13.4. The minimum absolute atomic E-state index is 0.144. The number of rotatable bonds is 11. The van der Waals surface area contributed by atoms with Crippen molar-refractivity contribution in [1.82, 2.24) is 25.0 Å². The van der Waals surface area contributed by atoms with Gasteiger partial charge in [0, 0.05) is 74.5 Å². The molecule has 49 heavy (non-hydrogen) atoms. The van der Waals surface area contributed by atoms with Crippen LogP contribution in [0.1, 0.15) is 24.1 Å². The first-order chi connectivity index (χ1) is 23.9. The lowest BCUT2D eigenvalue weighted by atomic mass is 10.0. The summed E-state index contributed by atoms with van der Waals surface area (Å²) in [6, 6.07) is 11.6. The molecule has 2 amide bonds. The zero-order valence-electron chi connectivity index (χ0n) is 27.4. The molecule has 0 atom stereocenters. The molecule has 2 fully saturated rings. The standard InChI is InChI=1S/C35H39ClFN7O5/c1-47-31-22-26-27(23-32(31)49-17-3-2-10-42-15-18-48-19-16-42)33(41-40-30(26)20-24-6-8-38-9-7-24)43-11-13-44(14-12-43)35(46)34(45)39-25-4-5-29(37)28(36)21-25/h4-9,21-23H,2-3,10-20H2,1H3,(H,39,45). The van der Waals surface area contributed by atoms with E-state index in [1.165, 1.54) is 17.0 Å². The molecule has 2 aromatic carbocycles. The van der Waals surface area contributed by atoms with Crippen LogP contribution in [0.3, 0.4) is 0 Å². The second-order valence-electron chi connectivity index (χ2n) is 11.9. The number of halogens is 2. The van der Waals surface area contributed by atoms with Crippen molar-refractivity contribution in [2.24, 2.45) is 0 Å². The van der Waals surface area contributed by atoms with Gasteiger partial charge in [-0.15, -0.1) is 5.10 Å². The van der Waals surface area contributed by atoms with Gasteiger partial charge in [0.25, 0.3) is 0 Å². The van der Waals surface area contributed by atoms with E-state index < -0.39 is 17.6 Å². The second kappa shape index (κ2) is 16.2. The van der Waals surface area contributed by atoms with Crippen LogP contribution >= 0.6 is 11.6 Å². The molecule has 14 heteroatoms. The number of benzene rings is 2. The van der Waals surface area contributed by atoms with Crippen molar-refractivity contribution >= 4 is 45.7 Å². The number of methoxy groups -OCH3 is 1. The number of carbonyl (C=O) groups is 2. The van der Waals surface area contributed by atoms with E-state index in [0.29, 0.717) is 56.5 Å². The fraction of sp³-hybridized carbons (Fsp3) is 0.400. The number of nitrogens with zero attached hydrogens (tertiary/aromatic N) is 6. The summed E-state index contributed by atoms with van der Waals surface area (Å²) in [6.07, 6.45) is 5.96. The van der Waals surface area contributed by atoms with Gasteiger partial charge in [0.15, 0.2) is 17.3 Å². The molecule has 0 radical (unpaired) electrons. The van der Waals surface area contributed by atoms with Gasteiger partial charge in [-0.25, -0.2) is 4.39 Å². The van der Waals surface area contributed by atoms with Gasteiger partial charge in [-0.1, -0.05) is 11.6 Å². The van der Waals surface area contributed by atoms with Crippen molar-refractivity contribution in [3.05, 3.63) is 77.0 Å². The first-order valence-electron chi connectivity index (χ1n) is 16.4. The van der Waals surface area contributed by atoms with Crippen LogP contribution in [0.25, 0.3) is 10.8 Å². The number of nitrogens with one attached hydrogen (secondary N) is 1. The SMILES string of the molecule is COc1cc2c(Cc3ccncc3)nnc(N3CCN(C(=O)C(=O)Nc4ccc(F)c(Cl)c4)CC3)c2cc1OCCCCN1CCOCC1. The van der Waals surface area contributed by atoms with Gasteiger partial charge in [-0.05, 0) is 67.4 Å². The smallest absolute Gasteiger partial charge is 0.313 e. The van der Waals surface area contributed by atoms with Crippen LogP contribution in [-0.4, -0.2) is 110 Å². The van der Waals surface area contributed by atoms with E-state index in [0.717, 1.165) is 73.8 Å². The lowest BCUT2D eigenvalue weighted by Crippen LogP contribution is -2.51. The minimum Gasteiger partial charge on any atom is -0.493 e. The van der Waals surface area contributed by atoms with E-state index >= 15 is 0 Å². The number of hydrogen-bond acceptors (Lipinski definition) is 10. The Morgan fingerprint density at radius 3 is 2.43 bits per heavy atom. The number of aromatic nitrogens is 3. The fourth-order valence-corrected chi connectivity index (χ4v) is 6.18. The van der Waals surface area contributed by atoms with E-state index in [4.69, 9.17) is 25.8 Å². The summed E-state index contributed by atoms with van der Waals surface area (Å²) in [4.78, 5) is 35.8. The molecule has 2 aliphatic rings. The van der Waals surface area contributed by atoms with Crippen LogP contribution < -0.4 is 19.7 Å². The molecule has 0 aliphatic carbocycles. The predicted molar refractivity (Wildman–Crippen MR) is 184 cm³/mol. The van der Waals surface area contributed by atoms with E-state index in [2.05, 4.69) is 30.3 Å². The number of hydrogen-bond donors (Lipinski definition) is 1. The Morgan fingerprint density at radius 1 is 0.939 bits per heavy atom. The maximum atomic E-state index is 13.5. The quantitative estimate of drug-likeness (QED) is 0.181. The van der Waals surface area contributed by atoms with Crippen LogP contribution in [-0.2, 0) is 20.7 Å². The third kappa shape index (κ3) is 8.53. The molecule has 2 aliphatic heterocycles. The van der Waals surface area contributed by atoms with Gasteiger partial charge < -0.3 is 29.3 Å². The van der Waals surface area contributed by atoms with Crippen molar-refractivity contribution in [2.75, 3.05) is 83.0 Å². The van der Waals surface area contributed by atoms with Gasteiger partial charge in [-0.3, -0.25) is 19.5 Å². The number of carbonyl (C=O) groups excluding carboxylic acids is 2. The Hall–Kier alpha value is -4.59. The van der Waals surface area contributed by atoms with Crippen LogP contribution in [0.2, 0.25) is 5.02 Å². The Balaban J connectivity index is 1.18. The lowest BCUT2D eigenvalue weighted by molar-refractivity contribution is -0.143. The average molecular weight is 692 g/mol. The maximum absolute atomic E-state index is 13.5. The Labute approximate surface area is 289 Å². The van der Waals surface area contributed by atoms with E-state index in [1.54, 1.807) is 19.5 Å². The van der Waals surface area contributed by atoms with Crippen LogP contribution in [0.15, 0.2) is 54.9 Å². The molecule has 0 saturated carbocycles. The highest BCUT2D eigenvalue weighted by atomic mass is 35.5. The number of pyridine rings is 1. The normalized spacial score (nSPS) is 15.3. The number of fused-ring (bicyclic) bond motifs is 1. The van der Waals surface area contributed by atoms with Gasteiger partial charge >= 0.3 is 11.8 Å². The molecule has 2 saturated heterocycles. The van der Waals surface area contributed by atoms with Gasteiger partial charge in [-0.2, -0.15) is 5.10 Å². The summed E-state index contributed by atoms with van der Waals surface area (Å²) in [7, 11) is 1.63. The highest BCUT2D eigenvalue weighted by Gasteiger charge is 2.28. The minimum atomic E-state index is -0.819. The number of amides is 2. The monoisotopic (exact) mass is 691 g/mol. The van der Waals surface area contributed by atoms with Crippen LogP contribution in [0.4, 0.5) is 15.9 Å². The average Bonchev–Trinajstić information content (AvgIpc) is 3.13. The molecule has 4 heterocycles. The Kier molecular flexibility index (Phi) is 11.3. The number of ether oxygens (including phenoxy) is 3. The number of unbranched alkanes of at least 4 members (excludes halogenated alkanes) is 1. The van der Waals surface area contributed by atoms with Crippen LogP contribution in [0, 0.1) is 5.82 Å². The van der Waals surface area contributed by atoms with E-state index in [9.17, 15) is 14.0 Å². The van der Waals surface area contributed by atoms with E-state index in [-0.39, 0.29) is 10.7 Å². The third-order valence-corrected chi connectivity index (χ3v) is 9.00. The lowest BCUT2D eigenvalue weighted by Gasteiger charge is -2.35. The van der Waals surface area contributed by atoms with Gasteiger partial charge in [0.05, 0.1) is 37.6 Å². The van der Waals surface area contributed by atoms with Crippen molar-refractivity contribution in [1.29, 1.82) is 0 Å².